The average molecular weight is 276 g/mol. The molecule has 1 heterocycles. The maximum Gasteiger partial charge on any atom is 0.303 e. The third-order valence-electron chi connectivity index (χ3n) is 1.64. The summed E-state index contributed by atoms with van der Waals surface area (Å²) in [5.74, 6) is -0.797. The van der Waals surface area contributed by atoms with Crippen LogP contribution in [-0.2, 0) is 9.59 Å². The summed E-state index contributed by atoms with van der Waals surface area (Å²) in [5, 5.41) is 18.8. The van der Waals surface area contributed by atoms with Crippen LogP contribution in [0.3, 0.4) is 0 Å². The highest BCUT2D eigenvalue weighted by atomic mass is 32.2. The highest BCUT2D eigenvalue weighted by Gasteiger charge is 2.06. The van der Waals surface area contributed by atoms with Crippen LogP contribution in [0.15, 0.2) is 4.34 Å². The molecule has 0 radical (unpaired) electrons. The first-order valence-electron chi connectivity index (χ1n) is 4.78. The van der Waals surface area contributed by atoms with Crippen molar-refractivity contribution in [2.75, 3.05) is 18.0 Å². The molecule has 0 fully saturated rings. The van der Waals surface area contributed by atoms with Gasteiger partial charge in [0.1, 0.15) is 0 Å². The molecule has 0 atom stereocenters. The van der Waals surface area contributed by atoms with E-state index in [9.17, 15) is 9.59 Å². The van der Waals surface area contributed by atoms with Crippen molar-refractivity contribution in [3.05, 3.63) is 0 Å². The number of hydrogen-bond acceptors (Lipinski definition) is 7. The molecule has 1 aromatic rings. The minimum atomic E-state index is -0.863. The maximum absolute atomic E-state index is 11.3. The van der Waals surface area contributed by atoms with E-state index in [2.05, 4.69) is 15.5 Å². The van der Waals surface area contributed by atoms with Gasteiger partial charge in [-0.3, -0.25) is 9.59 Å². The van der Waals surface area contributed by atoms with E-state index >= 15 is 0 Å². The number of aromatic nitrogens is 2. The van der Waals surface area contributed by atoms with Crippen LogP contribution in [0.1, 0.15) is 12.8 Å². The number of carbonyl (C=O) groups is 2. The quantitative estimate of drug-likeness (QED) is 0.480. The normalized spacial score (nSPS) is 10.1. The number of thioether (sulfide) groups is 1. The zero-order chi connectivity index (χ0) is 12.7. The lowest BCUT2D eigenvalue weighted by Crippen LogP contribution is -2.26. The Hall–Kier alpha value is -1.35. The lowest BCUT2D eigenvalue weighted by Gasteiger charge is -2.02. The molecule has 1 rings (SSSR count). The van der Waals surface area contributed by atoms with Crippen LogP contribution in [-0.4, -0.2) is 39.5 Å². The Balaban J connectivity index is 2.11. The van der Waals surface area contributed by atoms with Gasteiger partial charge in [-0.1, -0.05) is 23.1 Å². The SMILES string of the molecule is Nc1nnc(SCC(=O)NCCCC(=O)O)s1. The van der Waals surface area contributed by atoms with E-state index in [1.165, 1.54) is 23.1 Å². The summed E-state index contributed by atoms with van der Waals surface area (Å²) >= 11 is 2.47. The second-order valence-electron chi connectivity index (χ2n) is 3.04. The van der Waals surface area contributed by atoms with Crippen LogP contribution in [0.4, 0.5) is 5.13 Å². The molecular formula is C8H12N4O3S2. The fraction of sp³-hybridized carbons (Fsp3) is 0.500. The molecule has 17 heavy (non-hydrogen) atoms. The number of carboxylic acid groups (broad SMARTS) is 1. The van der Waals surface area contributed by atoms with E-state index in [-0.39, 0.29) is 18.1 Å². The van der Waals surface area contributed by atoms with Gasteiger partial charge in [0.2, 0.25) is 11.0 Å². The van der Waals surface area contributed by atoms with Gasteiger partial charge in [-0.25, -0.2) is 0 Å². The van der Waals surface area contributed by atoms with Crippen LogP contribution in [0.2, 0.25) is 0 Å². The summed E-state index contributed by atoms with van der Waals surface area (Å²) in [5.41, 5.74) is 5.39. The lowest BCUT2D eigenvalue weighted by atomic mass is 10.3. The molecule has 4 N–H and O–H groups in total. The molecule has 94 valence electrons. The molecule has 0 spiro atoms. The lowest BCUT2D eigenvalue weighted by molar-refractivity contribution is -0.137. The van der Waals surface area contributed by atoms with Crippen molar-refractivity contribution in [2.45, 2.75) is 17.2 Å². The molecule has 1 aromatic heterocycles. The molecule has 0 aliphatic carbocycles. The summed E-state index contributed by atoms with van der Waals surface area (Å²) in [6.45, 7) is 0.365. The standard InChI is InChI=1S/C8H12N4O3S2/c9-7-11-12-8(17-7)16-4-5(13)10-3-1-2-6(14)15/h1-4H2,(H2,9,11)(H,10,13)(H,14,15). The number of anilines is 1. The number of carboxylic acids is 1. The maximum atomic E-state index is 11.3. The summed E-state index contributed by atoms with van der Waals surface area (Å²) in [6, 6.07) is 0. The molecule has 0 aliphatic heterocycles. The van der Waals surface area contributed by atoms with Gasteiger partial charge >= 0.3 is 5.97 Å². The first-order valence-corrected chi connectivity index (χ1v) is 6.58. The fourth-order valence-corrected chi connectivity index (χ4v) is 2.39. The molecule has 0 bridgehead atoms. The Morgan fingerprint density at radius 2 is 2.24 bits per heavy atom. The van der Waals surface area contributed by atoms with Gasteiger partial charge in [-0.2, -0.15) is 0 Å². The molecule has 0 aliphatic rings. The van der Waals surface area contributed by atoms with Crippen LogP contribution in [0.25, 0.3) is 0 Å². The number of rotatable bonds is 7. The second-order valence-corrected chi connectivity index (χ2v) is 5.27. The van der Waals surface area contributed by atoms with Gasteiger partial charge in [0.25, 0.3) is 0 Å². The van der Waals surface area contributed by atoms with Gasteiger partial charge in [0, 0.05) is 13.0 Å². The molecular weight excluding hydrogens is 264 g/mol. The van der Waals surface area contributed by atoms with Crippen LogP contribution < -0.4 is 11.1 Å². The van der Waals surface area contributed by atoms with Gasteiger partial charge in [-0.05, 0) is 6.42 Å². The molecule has 7 nitrogen and oxygen atoms in total. The highest BCUT2D eigenvalue weighted by Crippen LogP contribution is 2.22. The van der Waals surface area contributed by atoms with Crippen LogP contribution in [0.5, 0.6) is 0 Å². The van der Waals surface area contributed by atoms with Crippen LogP contribution >= 0.6 is 23.1 Å². The molecule has 1 amide bonds. The van der Waals surface area contributed by atoms with Gasteiger partial charge < -0.3 is 16.2 Å². The van der Waals surface area contributed by atoms with Crippen LogP contribution in [0, 0.1) is 0 Å². The minimum absolute atomic E-state index is 0.0559. The number of amides is 1. The molecule has 9 heteroatoms. The van der Waals surface area contributed by atoms with Crippen molar-refractivity contribution in [3.63, 3.8) is 0 Å². The Labute approximate surface area is 106 Å². The zero-order valence-corrected chi connectivity index (χ0v) is 10.5. The highest BCUT2D eigenvalue weighted by molar-refractivity contribution is 8.01. The number of nitrogens with zero attached hydrogens (tertiary/aromatic N) is 2. The monoisotopic (exact) mass is 276 g/mol. The van der Waals surface area contributed by atoms with Crippen molar-refractivity contribution in [1.29, 1.82) is 0 Å². The number of nitrogens with one attached hydrogen (secondary N) is 1. The molecule has 0 saturated carbocycles. The van der Waals surface area contributed by atoms with E-state index < -0.39 is 5.97 Å². The largest absolute Gasteiger partial charge is 0.481 e. The van der Waals surface area contributed by atoms with Crippen molar-refractivity contribution in [3.8, 4) is 0 Å². The summed E-state index contributed by atoms with van der Waals surface area (Å²) in [7, 11) is 0. The topological polar surface area (TPSA) is 118 Å². The van der Waals surface area contributed by atoms with E-state index in [4.69, 9.17) is 10.8 Å². The van der Waals surface area contributed by atoms with Gasteiger partial charge in [0.05, 0.1) is 5.75 Å². The predicted molar refractivity (Wildman–Crippen MR) is 64.9 cm³/mol. The van der Waals surface area contributed by atoms with Crippen molar-refractivity contribution < 1.29 is 14.7 Å². The number of nitrogen functional groups attached to an aromatic ring is 1. The van der Waals surface area contributed by atoms with Gasteiger partial charge in [-0.15, -0.1) is 10.2 Å². The Kier molecular flexibility index (Phi) is 5.70. The smallest absolute Gasteiger partial charge is 0.303 e. The third-order valence-corrected chi connectivity index (χ3v) is 3.52. The van der Waals surface area contributed by atoms with E-state index in [0.29, 0.717) is 22.4 Å². The molecule has 0 saturated heterocycles. The summed E-state index contributed by atoms with van der Waals surface area (Å²) < 4.78 is 0.642. The van der Waals surface area contributed by atoms with Gasteiger partial charge in [0.15, 0.2) is 4.34 Å². The zero-order valence-electron chi connectivity index (χ0n) is 8.88. The third kappa shape index (κ3) is 6.07. The number of nitrogens with two attached hydrogens (primary N) is 1. The molecule has 0 unspecified atom stereocenters. The first kappa shape index (κ1) is 13.7. The van der Waals surface area contributed by atoms with E-state index in [1.807, 2.05) is 0 Å². The minimum Gasteiger partial charge on any atom is -0.481 e. The number of hydrogen-bond donors (Lipinski definition) is 3. The summed E-state index contributed by atoms with van der Waals surface area (Å²) in [6.07, 6.45) is 0.484. The van der Waals surface area contributed by atoms with E-state index in [0.717, 1.165) is 0 Å². The van der Waals surface area contributed by atoms with E-state index in [1.54, 1.807) is 0 Å². The second kappa shape index (κ2) is 7.07. The van der Waals surface area contributed by atoms with Crippen molar-refractivity contribution >= 4 is 40.1 Å². The Morgan fingerprint density at radius 1 is 1.47 bits per heavy atom. The Bertz CT molecular complexity index is 396. The summed E-state index contributed by atoms with van der Waals surface area (Å²) in [4.78, 5) is 21.5. The Morgan fingerprint density at radius 3 is 2.82 bits per heavy atom. The number of carbonyl (C=O) groups excluding carboxylic acids is 1. The first-order chi connectivity index (χ1) is 8.08. The number of aliphatic carboxylic acids is 1. The fourth-order valence-electron chi connectivity index (χ4n) is 0.924. The predicted octanol–water partition coefficient (Wildman–Crippen LogP) is 0.193. The van der Waals surface area contributed by atoms with Crippen molar-refractivity contribution in [2.24, 2.45) is 0 Å². The molecule has 0 aromatic carbocycles. The average Bonchev–Trinajstić information content (AvgIpc) is 2.67. The van der Waals surface area contributed by atoms with Crippen molar-refractivity contribution in [1.82, 2.24) is 15.5 Å².